The highest BCUT2D eigenvalue weighted by atomic mass is 32.1. The summed E-state index contributed by atoms with van der Waals surface area (Å²) < 4.78 is 4.94. The molecule has 0 bridgehead atoms. The molecule has 6 nitrogen and oxygen atoms in total. The van der Waals surface area contributed by atoms with Crippen molar-refractivity contribution in [3.05, 3.63) is 44.1 Å². The number of nitrogens with one attached hydrogen (secondary N) is 1. The molecule has 0 saturated carbocycles. The number of nitrogens with two attached hydrogens (primary N) is 2. The van der Waals surface area contributed by atoms with Gasteiger partial charge in [-0.05, 0) is 18.4 Å². The lowest BCUT2D eigenvalue weighted by Gasteiger charge is -2.27. The first-order valence-corrected chi connectivity index (χ1v) is 8.46. The maximum atomic E-state index is 12.3. The van der Waals surface area contributed by atoms with Crippen molar-refractivity contribution in [2.45, 2.75) is 12.8 Å². The minimum atomic E-state index is -0.578. The fourth-order valence-electron chi connectivity index (χ4n) is 2.74. The summed E-state index contributed by atoms with van der Waals surface area (Å²) in [6, 6.07) is 3.84. The van der Waals surface area contributed by atoms with Crippen LogP contribution in [0.25, 0.3) is 0 Å². The number of amides is 1. The Labute approximate surface area is 140 Å². The number of hydrogen-bond acceptors (Lipinski definition) is 7. The smallest absolute Gasteiger partial charge is 0.336 e. The molecule has 0 saturated heterocycles. The van der Waals surface area contributed by atoms with Crippen LogP contribution in [0.2, 0.25) is 0 Å². The molecule has 23 heavy (non-hydrogen) atoms. The Balaban J connectivity index is 2.26. The minimum absolute atomic E-state index is 0.294. The molecule has 3 rings (SSSR count). The number of anilines is 2. The molecular formula is C15H15N3O3S2. The van der Waals surface area contributed by atoms with Gasteiger partial charge in [0.25, 0.3) is 5.91 Å². The molecule has 1 aliphatic heterocycles. The van der Waals surface area contributed by atoms with E-state index in [1.54, 1.807) is 6.92 Å². The first-order valence-electron chi connectivity index (χ1n) is 6.77. The Bertz CT molecular complexity index is 821. The van der Waals surface area contributed by atoms with Crippen LogP contribution in [0.3, 0.4) is 0 Å². The summed E-state index contributed by atoms with van der Waals surface area (Å²) >= 11 is 2.72. The Kier molecular flexibility index (Phi) is 3.87. The van der Waals surface area contributed by atoms with Crippen molar-refractivity contribution < 1.29 is 14.3 Å². The van der Waals surface area contributed by atoms with Gasteiger partial charge in [0.15, 0.2) is 0 Å². The molecule has 1 unspecified atom stereocenters. The zero-order valence-corrected chi connectivity index (χ0v) is 14.1. The second-order valence-corrected chi connectivity index (χ2v) is 7.06. The van der Waals surface area contributed by atoms with Crippen LogP contribution in [-0.2, 0) is 9.53 Å². The number of hydrogen-bond donors (Lipinski definition) is 3. The maximum Gasteiger partial charge on any atom is 0.336 e. The number of nitrogen functional groups attached to an aromatic ring is 1. The van der Waals surface area contributed by atoms with Crippen LogP contribution in [0.15, 0.2) is 28.8 Å². The van der Waals surface area contributed by atoms with Gasteiger partial charge in [-0.15, -0.1) is 22.7 Å². The number of ether oxygens (including phenoxy) is 1. The second-order valence-electron chi connectivity index (χ2n) is 5.06. The van der Waals surface area contributed by atoms with Gasteiger partial charge in [0.2, 0.25) is 0 Å². The van der Waals surface area contributed by atoms with E-state index >= 15 is 0 Å². The highest BCUT2D eigenvalue weighted by Crippen LogP contribution is 2.50. The standard InChI is InChI=1S/C15H15N3O3S2/c1-6-8(15(20)21-2)9(7-4-3-5-22-7)10-11(16)12(13(17)19)23-14(10)18-6/h3-5,9,18H,16H2,1-2H3,(H2,17,19). The van der Waals surface area contributed by atoms with Crippen molar-refractivity contribution in [3.8, 4) is 0 Å². The normalized spacial score (nSPS) is 16.7. The Morgan fingerprint density at radius 1 is 1.39 bits per heavy atom. The Hall–Kier alpha value is -2.32. The van der Waals surface area contributed by atoms with Gasteiger partial charge in [-0.25, -0.2) is 4.79 Å². The van der Waals surface area contributed by atoms with E-state index in [4.69, 9.17) is 16.2 Å². The highest BCUT2D eigenvalue weighted by molar-refractivity contribution is 7.19. The van der Waals surface area contributed by atoms with Crippen molar-refractivity contribution in [2.75, 3.05) is 18.2 Å². The highest BCUT2D eigenvalue weighted by Gasteiger charge is 2.37. The van der Waals surface area contributed by atoms with E-state index in [0.29, 0.717) is 27.4 Å². The van der Waals surface area contributed by atoms with Gasteiger partial charge >= 0.3 is 5.97 Å². The molecule has 0 radical (unpaired) electrons. The van der Waals surface area contributed by atoms with E-state index in [2.05, 4.69) is 5.32 Å². The molecule has 3 heterocycles. The molecule has 2 aromatic rings. The predicted molar refractivity (Wildman–Crippen MR) is 91.8 cm³/mol. The van der Waals surface area contributed by atoms with Gasteiger partial charge in [0.1, 0.15) is 4.88 Å². The first kappa shape index (κ1) is 15.6. The third-order valence-corrected chi connectivity index (χ3v) is 5.81. The summed E-state index contributed by atoms with van der Waals surface area (Å²) in [6.07, 6.45) is 0. The SMILES string of the molecule is COC(=O)C1=C(C)Nc2sc(C(N)=O)c(N)c2C1c1cccs1. The number of rotatable bonds is 3. The third kappa shape index (κ3) is 2.40. The summed E-state index contributed by atoms with van der Waals surface area (Å²) in [6.45, 7) is 1.80. The van der Waals surface area contributed by atoms with E-state index in [1.807, 2.05) is 17.5 Å². The molecule has 8 heteroatoms. The lowest BCUT2D eigenvalue weighted by Crippen LogP contribution is -2.23. The molecule has 1 amide bonds. The van der Waals surface area contributed by atoms with E-state index < -0.39 is 11.9 Å². The lowest BCUT2D eigenvalue weighted by atomic mass is 9.86. The largest absolute Gasteiger partial charge is 0.466 e. The van der Waals surface area contributed by atoms with Crippen LogP contribution in [0.1, 0.15) is 33.0 Å². The number of primary amides is 1. The van der Waals surface area contributed by atoms with E-state index in [0.717, 1.165) is 9.88 Å². The molecule has 5 N–H and O–H groups in total. The van der Waals surface area contributed by atoms with Crippen LogP contribution >= 0.6 is 22.7 Å². The van der Waals surface area contributed by atoms with Crippen LogP contribution in [-0.4, -0.2) is 19.0 Å². The number of carbonyl (C=O) groups excluding carboxylic acids is 2. The summed E-state index contributed by atoms with van der Waals surface area (Å²) in [4.78, 5) is 25.2. The average molecular weight is 349 g/mol. The molecular weight excluding hydrogens is 334 g/mol. The molecule has 1 aliphatic rings. The van der Waals surface area contributed by atoms with Gasteiger partial charge in [0, 0.05) is 16.1 Å². The molecule has 0 aromatic carbocycles. The summed E-state index contributed by atoms with van der Waals surface area (Å²) in [5, 5.41) is 5.81. The number of methoxy groups -OCH3 is 1. The summed E-state index contributed by atoms with van der Waals surface area (Å²) in [5.74, 6) is -1.38. The maximum absolute atomic E-state index is 12.3. The molecule has 0 fully saturated rings. The molecule has 1 atom stereocenters. The third-order valence-electron chi connectivity index (χ3n) is 3.72. The van der Waals surface area contributed by atoms with Gasteiger partial charge in [-0.1, -0.05) is 6.07 Å². The summed E-state index contributed by atoms with van der Waals surface area (Å²) in [7, 11) is 1.34. The van der Waals surface area contributed by atoms with E-state index in [1.165, 1.54) is 29.8 Å². The van der Waals surface area contributed by atoms with Gasteiger partial charge < -0.3 is 21.5 Å². The van der Waals surface area contributed by atoms with Crippen molar-refractivity contribution in [2.24, 2.45) is 5.73 Å². The number of fused-ring (bicyclic) bond motifs is 1. The van der Waals surface area contributed by atoms with E-state index in [-0.39, 0.29) is 5.92 Å². The Morgan fingerprint density at radius 2 is 2.13 bits per heavy atom. The zero-order chi connectivity index (χ0) is 16.7. The van der Waals surface area contributed by atoms with Crippen LogP contribution < -0.4 is 16.8 Å². The number of thiophene rings is 2. The predicted octanol–water partition coefficient (Wildman–Crippen LogP) is 2.50. The molecule has 120 valence electrons. The zero-order valence-electron chi connectivity index (χ0n) is 12.5. The Morgan fingerprint density at radius 3 is 2.70 bits per heavy atom. The quantitative estimate of drug-likeness (QED) is 0.738. The minimum Gasteiger partial charge on any atom is -0.466 e. The molecule has 0 spiro atoms. The lowest BCUT2D eigenvalue weighted by molar-refractivity contribution is -0.136. The van der Waals surface area contributed by atoms with Crippen LogP contribution in [0.4, 0.5) is 10.7 Å². The number of esters is 1. The van der Waals surface area contributed by atoms with Gasteiger partial charge in [-0.3, -0.25) is 4.79 Å². The topological polar surface area (TPSA) is 107 Å². The first-order chi connectivity index (χ1) is 11.0. The van der Waals surface area contributed by atoms with E-state index in [9.17, 15) is 9.59 Å². The average Bonchev–Trinajstić information content (AvgIpc) is 3.13. The fourth-order valence-corrected chi connectivity index (χ4v) is 4.65. The van der Waals surface area contributed by atoms with Crippen LogP contribution in [0.5, 0.6) is 0 Å². The van der Waals surface area contributed by atoms with Crippen LogP contribution in [0, 0.1) is 0 Å². The van der Waals surface area contributed by atoms with Crippen molar-refractivity contribution >= 4 is 45.2 Å². The number of allylic oxidation sites excluding steroid dienone is 1. The van der Waals surface area contributed by atoms with Crippen molar-refractivity contribution in [1.29, 1.82) is 0 Å². The van der Waals surface area contributed by atoms with Gasteiger partial charge in [-0.2, -0.15) is 0 Å². The van der Waals surface area contributed by atoms with Crippen molar-refractivity contribution in [3.63, 3.8) is 0 Å². The monoisotopic (exact) mass is 349 g/mol. The molecule has 0 aliphatic carbocycles. The van der Waals surface area contributed by atoms with Gasteiger partial charge in [0.05, 0.1) is 29.3 Å². The molecule has 2 aromatic heterocycles. The number of carbonyl (C=O) groups is 2. The second kappa shape index (κ2) is 5.71. The van der Waals surface area contributed by atoms with Crippen molar-refractivity contribution in [1.82, 2.24) is 0 Å². The fraction of sp³-hybridized carbons (Fsp3) is 0.200. The summed E-state index contributed by atoms with van der Waals surface area (Å²) in [5.41, 5.74) is 13.8.